The summed E-state index contributed by atoms with van der Waals surface area (Å²) in [5.74, 6) is 0. The second kappa shape index (κ2) is 6.91. The van der Waals surface area contributed by atoms with Gasteiger partial charge in [-0.3, -0.25) is 4.90 Å². The number of rotatable bonds is 4. The van der Waals surface area contributed by atoms with E-state index in [4.69, 9.17) is 4.42 Å². The molecule has 0 fully saturated rings. The first kappa shape index (κ1) is 16.9. The van der Waals surface area contributed by atoms with Crippen LogP contribution in [0.15, 0.2) is 56.1 Å². The predicted molar refractivity (Wildman–Crippen MR) is 101 cm³/mol. The van der Waals surface area contributed by atoms with Gasteiger partial charge in [0.1, 0.15) is 5.58 Å². The van der Waals surface area contributed by atoms with Crippen molar-refractivity contribution < 1.29 is 4.42 Å². The predicted octanol–water partition coefficient (Wildman–Crippen LogP) is 4.80. The summed E-state index contributed by atoms with van der Waals surface area (Å²) < 4.78 is 6.55. The lowest BCUT2D eigenvalue weighted by molar-refractivity contribution is 0.319. The van der Waals surface area contributed by atoms with Crippen LogP contribution in [0.25, 0.3) is 11.0 Å². The molecule has 0 bridgehead atoms. The fourth-order valence-electron chi connectivity index (χ4n) is 2.92. The topological polar surface area (TPSA) is 33.5 Å². The molecule has 3 nitrogen and oxygen atoms in total. The van der Waals surface area contributed by atoms with E-state index in [1.165, 1.54) is 5.56 Å². The normalized spacial score (nSPS) is 11.4. The van der Waals surface area contributed by atoms with E-state index in [0.29, 0.717) is 12.1 Å². The number of fused-ring (bicyclic) bond motifs is 1. The van der Waals surface area contributed by atoms with Crippen molar-refractivity contribution in [3.05, 3.63) is 79.6 Å². The fraction of sp³-hybridized carbons (Fsp3) is 0.250. The molecule has 0 spiro atoms. The van der Waals surface area contributed by atoms with Crippen LogP contribution in [-0.4, -0.2) is 11.9 Å². The van der Waals surface area contributed by atoms with Gasteiger partial charge in [0.05, 0.1) is 0 Å². The molecule has 0 amide bonds. The van der Waals surface area contributed by atoms with Crippen molar-refractivity contribution >= 4 is 26.9 Å². The highest BCUT2D eigenvalue weighted by Gasteiger charge is 2.12. The van der Waals surface area contributed by atoms with Crippen LogP contribution >= 0.6 is 15.9 Å². The Labute approximate surface area is 150 Å². The number of benzene rings is 2. The number of aryl methyl sites for hydroxylation is 2. The average molecular weight is 386 g/mol. The van der Waals surface area contributed by atoms with Gasteiger partial charge in [-0.2, -0.15) is 0 Å². The van der Waals surface area contributed by atoms with Gasteiger partial charge in [0.2, 0.25) is 0 Å². The van der Waals surface area contributed by atoms with E-state index < -0.39 is 0 Å². The van der Waals surface area contributed by atoms with Crippen LogP contribution in [-0.2, 0) is 13.1 Å². The van der Waals surface area contributed by atoms with E-state index in [2.05, 4.69) is 40.0 Å². The average Bonchev–Trinajstić information content (AvgIpc) is 2.53. The molecule has 0 saturated carbocycles. The number of nitrogens with zero attached hydrogens (tertiary/aromatic N) is 1. The molecule has 4 heteroatoms. The van der Waals surface area contributed by atoms with Crippen molar-refractivity contribution in [1.29, 1.82) is 0 Å². The molecule has 0 radical (unpaired) electrons. The summed E-state index contributed by atoms with van der Waals surface area (Å²) in [7, 11) is 2.06. The molecule has 24 heavy (non-hydrogen) atoms. The zero-order valence-electron chi connectivity index (χ0n) is 14.1. The summed E-state index contributed by atoms with van der Waals surface area (Å²) in [6.45, 7) is 5.51. The quantitative estimate of drug-likeness (QED) is 0.604. The molecule has 0 aliphatic carbocycles. The Hall–Kier alpha value is -1.91. The lowest BCUT2D eigenvalue weighted by Crippen LogP contribution is -2.19. The third-order valence-electron chi connectivity index (χ3n) is 4.36. The second-order valence-corrected chi connectivity index (χ2v) is 7.09. The Kier molecular flexibility index (Phi) is 4.88. The van der Waals surface area contributed by atoms with Gasteiger partial charge in [-0.1, -0.05) is 46.3 Å². The molecule has 0 aliphatic heterocycles. The second-order valence-electron chi connectivity index (χ2n) is 6.24. The fourth-order valence-corrected chi connectivity index (χ4v) is 3.33. The zero-order valence-corrected chi connectivity index (χ0v) is 15.7. The molecular formula is C20H20BrNO2. The Morgan fingerprint density at radius 3 is 2.50 bits per heavy atom. The van der Waals surface area contributed by atoms with Crippen LogP contribution in [0.1, 0.15) is 22.3 Å². The largest absolute Gasteiger partial charge is 0.422 e. The van der Waals surface area contributed by atoms with Gasteiger partial charge in [0, 0.05) is 29.0 Å². The SMILES string of the molecule is Cc1ccc2c(CN(C)Cc3ccccc3Br)cc(=O)oc2c1C. The highest BCUT2D eigenvalue weighted by Crippen LogP contribution is 2.25. The third kappa shape index (κ3) is 3.45. The summed E-state index contributed by atoms with van der Waals surface area (Å²) in [5, 5.41) is 1.01. The van der Waals surface area contributed by atoms with Crippen LogP contribution in [0.2, 0.25) is 0 Å². The molecule has 1 aromatic heterocycles. The minimum Gasteiger partial charge on any atom is -0.422 e. The van der Waals surface area contributed by atoms with E-state index in [9.17, 15) is 4.79 Å². The molecular weight excluding hydrogens is 366 g/mol. The Balaban J connectivity index is 1.94. The van der Waals surface area contributed by atoms with E-state index in [1.807, 2.05) is 38.1 Å². The van der Waals surface area contributed by atoms with Crippen LogP contribution in [0.4, 0.5) is 0 Å². The van der Waals surface area contributed by atoms with Crippen molar-refractivity contribution in [3.63, 3.8) is 0 Å². The summed E-state index contributed by atoms with van der Waals surface area (Å²) >= 11 is 3.59. The summed E-state index contributed by atoms with van der Waals surface area (Å²) in [4.78, 5) is 14.2. The van der Waals surface area contributed by atoms with Crippen molar-refractivity contribution in [2.75, 3.05) is 7.05 Å². The number of hydrogen-bond donors (Lipinski definition) is 0. The molecule has 3 rings (SSSR count). The van der Waals surface area contributed by atoms with Crippen LogP contribution in [0, 0.1) is 13.8 Å². The number of halogens is 1. The molecule has 0 N–H and O–H groups in total. The lowest BCUT2D eigenvalue weighted by Gasteiger charge is -2.19. The maximum absolute atomic E-state index is 12.0. The molecule has 0 unspecified atom stereocenters. The van der Waals surface area contributed by atoms with Crippen LogP contribution in [0.3, 0.4) is 0 Å². The Bertz CT molecular complexity index is 946. The van der Waals surface area contributed by atoms with Gasteiger partial charge in [-0.05, 0) is 49.2 Å². The highest BCUT2D eigenvalue weighted by molar-refractivity contribution is 9.10. The van der Waals surface area contributed by atoms with Gasteiger partial charge in [-0.25, -0.2) is 4.79 Å². The molecule has 124 valence electrons. The standard InChI is InChI=1S/C20H20BrNO2/c1-13-8-9-17-16(10-19(23)24-20(17)14(13)2)12-22(3)11-15-6-4-5-7-18(15)21/h4-10H,11-12H2,1-3H3. The number of hydrogen-bond acceptors (Lipinski definition) is 3. The monoisotopic (exact) mass is 385 g/mol. The first-order valence-corrected chi connectivity index (χ1v) is 8.70. The first-order chi connectivity index (χ1) is 11.5. The van der Waals surface area contributed by atoms with Crippen molar-refractivity contribution in [1.82, 2.24) is 4.90 Å². The maximum atomic E-state index is 12.0. The minimum absolute atomic E-state index is 0.291. The minimum atomic E-state index is -0.291. The van der Waals surface area contributed by atoms with E-state index in [1.54, 1.807) is 6.07 Å². The zero-order chi connectivity index (χ0) is 17.3. The molecule has 3 aromatic rings. The van der Waals surface area contributed by atoms with Gasteiger partial charge in [-0.15, -0.1) is 0 Å². The van der Waals surface area contributed by atoms with Gasteiger partial charge >= 0.3 is 5.63 Å². The van der Waals surface area contributed by atoms with E-state index in [0.717, 1.165) is 33.1 Å². The third-order valence-corrected chi connectivity index (χ3v) is 5.13. The highest BCUT2D eigenvalue weighted by atomic mass is 79.9. The summed E-state index contributed by atoms with van der Waals surface area (Å²) in [6, 6.07) is 13.9. The Morgan fingerprint density at radius 2 is 1.75 bits per heavy atom. The van der Waals surface area contributed by atoms with Crippen molar-refractivity contribution in [2.24, 2.45) is 0 Å². The van der Waals surface area contributed by atoms with Crippen molar-refractivity contribution in [3.8, 4) is 0 Å². The van der Waals surface area contributed by atoms with Gasteiger partial charge in [0.25, 0.3) is 0 Å². The maximum Gasteiger partial charge on any atom is 0.336 e. The van der Waals surface area contributed by atoms with Gasteiger partial charge in [0.15, 0.2) is 0 Å². The van der Waals surface area contributed by atoms with E-state index in [-0.39, 0.29) is 5.63 Å². The van der Waals surface area contributed by atoms with Crippen LogP contribution in [0.5, 0.6) is 0 Å². The molecule has 0 saturated heterocycles. The van der Waals surface area contributed by atoms with Crippen molar-refractivity contribution in [2.45, 2.75) is 26.9 Å². The molecule has 0 atom stereocenters. The van der Waals surface area contributed by atoms with E-state index >= 15 is 0 Å². The first-order valence-electron chi connectivity index (χ1n) is 7.90. The summed E-state index contributed by atoms with van der Waals surface area (Å²) in [6.07, 6.45) is 0. The lowest BCUT2D eigenvalue weighted by atomic mass is 10.0. The smallest absolute Gasteiger partial charge is 0.336 e. The Morgan fingerprint density at radius 1 is 1.04 bits per heavy atom. The van der Waals surface area contributed by atoms with Gasteiger partial charge < -0.3 is 4.42 Å². The molecule has 0 aliphatic rings. The molecule has 1 heterocycles. The summed E-state index contributed by atoms with van der Waals surface area (Å²) in [5.41, 5.74) is 4.79. The molecule has 2 aromatic carbocycles. The van der Waals surface area contributed by atoms with Crippen LogP contribution < -0.4 is 5.63 Å².